The Morgan fingerprint density at radius 3 is 2.56 bits per heavy atom. The highest BCUT2D eigenvalue weighted by Gasteiger charge is 2.31. The van der Waals surface area contributed by atoms with Crippen molar-refractivity contribution in [2.75, 3.05) is 13.1 Å². The number of hydrogen-bond acceptors (Lipinski definition) is 5. The maximum Gasteiger partial charge on any atom is 0.251 e. The number of carbonyl (C=O) groups excluding carboxylic acids is 1. The van der Waals surface area contributed by atoms with Gasteiger partial charge in [-0.15, -0.1) is 0 Å². The molecular formula is C20H28N6O. The number of fused-ring (bicyclic) bond motifs is 2. The molecule has 2 aromatic heterocycles. The largest absolute Gasteiger partial charge is 0.341 e. The van der Waals surface area contributed by atoms with Gasteiger partial charge in [-0.25, -0.2) is 14.6 Å². The van der Waals surface area contributed by atoms with Crippen molar-refractivity contribution < 1.29 is 4.79 Å². The summed E-state index contributed by atoms with van der Waals surface area (Å²) in [5.41, 5.74) is 4.63. The average Bonchev–Trinajstić information content (AvgIpc) is 3.07. The van der Waals surface area contributed by atoms with Crippen molar-refractivity contribution in [2.24, 2.45) is 0 Å². The molecule has 0 spiro atoms. The van der Waals surface area contributed by atoms with Crippen LogP contribution in [-0.2, 0) is 11.2 Å². The Labute approximate surface area is 160 Å². The van der Waals surface area contributed by atoms with Crippen LogP contribution in [0, 0.1) is 27.7 Å². The number of hydrogen-bond donors (Lipinski definition) is 1. The first-order valence-electron chi connectivity index (χ1n) is 9.82. The lowest BCUT2D eigenvalue weighted by atomic mass is 10.1. The number of nitrogens with one attached hydrogen (secondary N) is 1. The Morgan fingerprint density at radius 2 is 1.81 bits per heavy atom. The maximum absolute atomic E-state index is 13.0. The third kappa shape index (κ3) is 3.60. The van der Waals surface area contributed by atoms with Crippen LogP contribution in [0.15, 0.2) is 6.07 Å². The second-order valence-corrected chi connectivity index (χ2v) is 7.95. The summed E-state index contributed by atoms with van der Waals surface area (Å²) >= 11 is 0. The van der Waals surface area contributed by atoms with E-state index < -0.39 is 0 Å². The summed E-state index contributed by atoms with van der Waals surface area (Å²) in [6.07, 6.45) is 3.86. The van der Waals surface area contributed by atoms with Crippen molar-refractivity contribution >= 4 is 5.91 Å². The van der Waals surface area contributed by atoms with E-state index in [1.165, 1.54) is 12.8 Å². The van der Waals surface area contributed by atoms with Gasteiger partial charge in [0.1, 0.15) is 0 Å². The molecule has 2 aliphatic rings. The summed E-state index contributed by atoms with van der Waals surface area (Å²) in [4.78, 5) is 24.0. The summed E-state index contributed by atoms with van der Waals surface area (Å²) in [5.74, 6) is 0.763. The summed E-state index contributed by atoms with van der Waals surface area (Å²) in [5, 5.41) is 8.26. The first-order chi connectivity index (χ1) is 12.9. The van der Waals surface area contributed by atoms with Gasteiger partial charge in [0.2, 0.25) is 5.91 Å². The fourth-order valence-corrected chi connectivity index (χ4v) is 4.36. The maximum atomic E-state index is 13.0. The highest BCUT2D eigenvalue weighted by Crippen LogP contribution is 2.22. The van der Waals surface area contributed by atoms with E-state index >= 15 is 0 Å². The van der Waals surface area contributed by atoms with Crippen molar-refractivity contribution in [3.8, 4) is 5.95 Å². The molecular weight excluding hydrogens is 340 g/mol. The Kier molecular flexibility index (Phi) is 4.72. The molecule has 4 rings (SSSR count). The molecule has 4 heterocycles. The van der Waals surface area contributed by atoms with Crippen LogP contribution in [0.25, 0.3) is 5.95 Å². The van der Waals surface area contributed by atoms with E-state index in [0.29, 0.717) is 24.5 Å². The van der Waals surface area contributed by atoms with Crippen LogP contribution in [0.1, 0.15) is 47.6 Å². The normalized spacial score (nSPS) is 22.1. The first kappa shape index (κ1) is 18.1. The molecule has 144 valence electrons. The summed E-state index contributed by atoms with van der Waals surface area (Å²) < 4.78 is 1.77. The SMILES string of the molecule is Cc1cc(C)nc(-n2nc(C)c(CC(=O)N3CCC4CCC(C3)N4)c2C)n1. The lowest BCUT2D eigenvalue weighted by Gasteiger charge is -2.24. The molecule has 0 aromatic carbocycles. The number of rotatable bonds is 3. The topological polar surface area (TPSA) is 75.9 Å². The average molecular weight is 368 g/mol. The lowest BCUT2D eigenvalue weighted by molar-refractivity contribution is -0.130. The van der Waals surface area contributed by atoms with Crippen molar-refractivity contribution in [3.05, 3.63) is 34.4 Å². The minimum Gasteiger partial charge on any atom is -0.341 e. The number of nitrogens with zero attached hydrogens (tertiary/aromatic N) is 5. The molecule has 2 aromatic rings. The van der Waals surface area contributed by atoms with Crippen LogP contribution in [0.4, 0.5) is 0 Å². The molecule has 1 amide bonds. The standard InChI is InChI=1S/C20H28N6O/c1-12-9-13(2)22-20(21-12)26-15(4)18(14(3)24-26)10-19(27)25-8-7-16-5-6-17(11-25)23-16/h9,16-17,23H,5-8,10-11H2,1-4H3. The fourth-order valence-electron chi connectivity index (χ4n) is 4.36. The zero-order chi connectivity index (χ0) is 19.1. The van der Waals surface area contributed by atoms with Crippen LogP contribution in [0.3, 0.4) is 0 Å². The molecule has 2 saturated heterocycles. The van der Waals surface area contributed by atoms with Gasteiger partial charge in [0, 0.05) is 47.8 Å². The summed E-state index contributed by atoms with van der Waals surface area (Å²) in [7, 11) is 0. The van der Waals surface area contributed by atoms with E-state index in [-0.39, 0.29) is 5.91 Å². The predicted octanol–water partition coefficient (Wildman–Crippen LogP) is 1.79. The van der Waals surface area contributed by atoms with Crippen molar-refractivity contribution in [1.82, 2.24) is 30.0 Å². The lowest BCUT2D eigenvalue weighted by Crippen LogP contribution is -2.39. The van der Waals surface area contributed by atoms with Crippen molar-refractivity contribution in [3.63, 3.8) is 0 Å². The van der Waals surface area contributed by atoms with Crippen LogP contribution in [0.5, 0.6) is 0 Å². The van der Waals surface area contributed by atoms with Crippen LogP contribution >= 0.6 is 0 Å². The van der Waals surface area contributed by atoms with Gasteiger partial charge in [-0.05, 0) is 53.0 Å². The fraction of sp³-hybridized carbons (Fsp3) is 0.600. The third-order valence-electron chi connectivity index (χ3n) is 5.81. The van der Waals surface area contributed by atoms with E-state index in [0.717, 1.165) is 47.8 Å². The summed E-state index contributed by atoms with van der Waals surface area (Å²) in [6.45, 7) is 9.53. The van der Waals surface area contributed by atoms with Gasteiger partial charge in [0.25, 0.3) is 5.95 Å². The second-order valence-electron chi connectivity index (χ2n) is 7.95. The third-order valence-corrected chi connectivity index (χ3v) is 5.81. The number of carbonyl (C=O) groups is 1. The van der Waals surface area contributed by atoms with Gasteiger partial charge >= 0.3 is 0 Å². The van der Waals surface area contributed by atoms with Crippen molar-refractivity contribution in [2.45, 2.75) is 65.5 Å². The zero-order valence-corrected chi connectivity index (χ0v) is 16.6. The molecule has 27 heavy (non-hydrogen) atoms. The summed E-state index contributed by atoms with van der Waals surface area (Å²) in [6, 6.07) is 2.98. The Morgan fingerprint density at radius 1 is 1.11 bits per heavy atom. The van der Waals surface area contributed by atoms with E-state index in [1.807, 2.05) is 38.7 Å². The van der Waals surface area contributed by atoms with Gasteiger partial charge in [0.15, 0.2) is 0 Å². The van der Waals surface area contributed by atoms with E-state index in [2.05, 4.69) is 20.4 Å². The van der Waals surface area contributed by atoms with Gasteiger partial charge in [0.05, 0.1) is 12.1 Å². The second kappa shape index (κ2) is 7.03. The van der Waals surface area contributed by atoms with Gasteiger partial charge in [-0.3, -0.25) is 4.79 Å². The Hall–Kier alpha value is -2.28. The molecule has 2 unspecified atom stereocenters. The number of aromatic nitrogens is 4. The van der Waals surface area contributed by atoms with E-state index in [1.54, 1.807) is 4.68 Å². The zero-order valence-electron chi connectivity index (χ0n) is 16.6. The molecule has 2 atom stereocenters. The molecule has 7 nitrogen and oxygen atoms in total. The van der Waals surface area contributed by atoms with Gasteiger partial charge in [-0.2, -0.15) is 5.10 Å². The monoisotopic (exact) mass is 368 g/mol. The van der Waals surface area contributed by atoms with Gasteiger partial charge < -0.3 is 10.2 Å². The Balaban J connectivity index is 1.55. The molecule has 0 aliphatic carbocycles. The van der Waals surface area contributed by atoms with E-state index in [4.69, 9.17) is 0 Å². The molecule has 2 fully saturated rings. The Bertz CT molecular complexity index is 853. The molecule has 2 aliphatic heterocycles. The predicted molar refractivity (Wildman–Crippen MR) is 103 cm³/mol. The van der Waals surface area contributed by atoms with E-state index in [9.17, 15) is 4.79 Å². The molecule has 2 bridgehead atoms. The highest BCUT2D eigenvalue weighted by atomic mass is 16.2. The molecule has 0 radical (unpaired) electrons. The number of aryl methyl sites for hydroxylation is 3. The minimum absolute atomic E-state index is 0.191. The van der Waals surface area contributed by atoms with Crippen molar-refractivity contribution in [1.29, 1.82) is 0 Å². The van der Waals surface area contributed by atoms with Crippen LogP contribution < -0.4 is 5.32 Å². The number of likely N-dealkylation sites (tertiary alicyclic amines) is 1. The first-order valence-corrected chi connectivity index (χ1v) is 9.82. The smallest absolute Gasteiger partial charge is 0.251 e. The van der Waals surface area contributed by atoms with Gasteiger partial charge in [-0.1, -0.05) is 0 Å². The number of amides is 1. The highest BCUT2D eigenvalue weighted by molar-refractivity contribution is 5.79. The van der Waals surface area contributed by atoms with Crippen LogP contribution in [0.2, 0.25) is 0 Å². The molecule has 0 saturated carbocycles. The van der Waals surface area contributed by atoms with Crippen LogP contribution in [-0.4, -0.2) is 55.7 Å². The quantitative estimate of drug-likeness (QED) is 0.894. The minimum atomic E-state index is 0.191. The molecule has 1 N–H and O–H groups in total. The molecule has 7 heteroatoms.